The van der Waals surface area contributed by atoms with Gasteiger partial charge in [-0.25, -0.2) is 0 Å². The molecule has 1 aliphatic carbocycles. The Hall–Kier alpha value is -2.04. The molecule has 0 amide bonds. The molecule has 17 heavy (non-hydrogen) atoms. The Balaban J connectivity index is 1.97. The first-order valence-electron chi connectivity index (χ1n) is 5.60. The van der Waals surface area contributed by atoms with Crippen LogP contribution in [0.25, 0.3) is 11.5 Å². The zero-order chi connectivity index (χ0) is 11.8. The molecule has 1 saturated carbocycles. The monoisotopic (exact) mass is 232 g/mol. The van der Waals surface area contributed by atoms with Crippen LogP contribution in [-0.4, -0.2) is 20.4 Å². The normalized spacial score (nSPS) is 15.8. The largest absolute Gasteiger partial charge is 0.508 e. The second-order valence-electron chi connectivity index (χ2n) is 4.29. The Morgan fingerprint density at radius 1 is 1.24 bits per heavy atom. The van der Waals surface area contributed by atoms with Gasteiger partial charge in [0.15, 0.2) is 5.82 Å². The van der Waals surface area contributed by atoms with Crippen LogP contribution in [0.3, 0.4) is 0 Å². The minimum atomic E-state index is 0.0200. The van der Waals surface area contributed by atoms with E-state index in [0.29, 0.717) is 17.3 Å². The first-order valence-corrected chi connectivity index (χ1v) is 5.60. The first-order chi connectivity index (χ1) is 8.24. The van der Waals surface area contributed by atoms with Crippen LogP contribution in [0.15, 0.2) is 22.7 Å². The summed E-state index contributed by atoms with van der Waals surface area (Å²) in [6, 6.07) is 4.22. The van der Waals surface area contributed by atoms with Crippen LogP contribution in [0, 0.1) is 0 Å². The van der Waals surface area contributed by atoms with Gasteiger partial charge in [-0.1, -0.05) is 11.6 Å². The highest BCUT2D eigenvalue weighted by Crippen LogP contribution is 2.37. The van der Waals surface area contributed by atoms with Gasteiger partial charge in [0.1, 0.15) is 11.5 Å². The summed E-state index contributed by atoms with van der Waals surface area (Å²) >= 11 is 0. The topological polar surface area (TPSA) is 79.4 Å². The van der Waals surface area contributed by atoms with Crippen molar-refractivity contribution in [2.45, 2.75) is 25.2 Å². The number of nitrogens with zero attached hydrogens (tertiary/aromatic N) is 2. The fraction of sp³-hybridized carbons (Fsp3) is 0.333. The predicted octanol–water partition coefficient (Wildman–Crippen LogP) is 2.42. The van der Waals surface area contributed by atoms with Gasteiger partial charge in [-0.15, -0.1) is 0 Å². The molecule has 1 fully saturated rings. The molecular formula is C12H12N2O3. The number of phenols is 2. The first kappa shape index (κ1) is 10.1. The molecule has 3 rings (SSSR count). The molecule has 0 aliphatic heterocycles. The van der Waals surface area contributed by atoms with E-state index < -0.39 is 0 Å². The molecule has 1 aliphatic rings. The van der Waals surface area contributed by atoms with E-state index in [0.717, 1.165) is 12.8 Å². The molecular weight excluding hydrogens is 220 g/mol. The molecule has 0 unspecified atom stereocenters. The number of phenolic OH excluding ortho intramolecular Hbond substituents is 2. The van der Waals surface area contributed by atoms with Gasteiger partial charge in [-0.2, -0.15) is 4.98 Å². The molecule has 2 aromatic rings. The second-order valence-corrected chi connectivity index (χ2v) is 4.29. The van der Waals surface area contributed by atoms with E-state index in [1.54, 1.807) is 0 Å². The lowest BCUT2D eigenvalue weighted by atomic mass is 9.85. The van der Waals surface area contributed by atoms with Crippen molar-refractivity contribution < 1.29 is 14.7 Å². The van der Waals surface area contributed by atoms with Crippen molar-refractivity contribution in [2.75, 3.05) is 0 Å². The van der Waals surface area contributed by atoms with Crippen molar-refractivity contribution in [1.29, 1.82) is 0 Å². The quantitative estimate of drug-likeness (QED) is 0.777. The predicted molar refractivity (Wildman–Crippen MR) is 59.7 cm³/mol. The number of rotatable bonds is 2. The summed E-state index contributed by atoms with van der Waals surface area (Å²) in [6.07, 6.45) is 3.38. The van der Waals surface area contributed by atoms with Crippen LogP contribution in [0.1, 0.15) is 31.0 Å². The standard InChI is InChI=1S/C12H12N2O3/c15-8-4-5-10(16)9(6-8)12-13-11(14-17-12)7-2-1-3-7/h4-7,15-16H,1-3H2. The van der Waals surface area contributed by atoms with E-state index in [1.165, 1.54) is 24.6 Å². The molecule has 0 saturated heterocycles. The number of aromatic hydroxyl groups is 2. The molecule has 0 atom stereocenters. The van der Waals surface area contributed by atoms with E-state index in [9.17, 15) is 10.2 Å². The molecule has 1 heterocycles. The van der Waals surface area contributed by atoms with Crippen molar-refractivity contribution in [3.8, 4) is 23.0 Å². The van der Waals surface area contributed by atoms with E-state index in [1.807, 2.05) is 0 Å². The average molecular weight is 232 g/mol. The molecule has 1 aromatic heterocycles. The molecule has 1 aromatic carbocycles. The van der Waals surface area contributed by atoms with Crippen molar-refractivity contribution in [3.05, 3.63) is 24.0 Å². The molecule has 0 bridgehead atoms. The van der Waals surface area contributed by atoms with Gasteiger partial charge < -0.3 is 14.7 Å². The minimum Gasteiger partial charge on any atom is -0.508 e. The van der Waals surface area contributed by atoms with E-state index in [2.05, 4.69) is 10.1 Å². The van der Waals surface area contributed by atoms with Crippen LogP contribution in [0.4, 0.5) is 0 Å². The number of benzene rings is 1. The number of hydrogen-bond donors (Lipinski definition) is 2. The van der Waals surface area contributed by atoms with Gasteiger partial charge in [0.2, 0.25) is 0 Å². The summed E-state index contributed by atoms with van der Waals surface area (Å²) in [5.74, 6) is 1.40. The summed E-state index contributed by atoms with van der Waals surface area (Å²) in [7, 11) is 0. The Labute approximate surface area is 97.7 Å². The zero-order valence-electron chi connectivity index (χ0n) is 9.13. The number of aromatic nitrogens is 2. The third-order valence-electron chi connectivity index (χ3n) is 3.12. The van der Waals surface area contributed by atoms with Crippen LogP contribution in [0.2, 0.25) is 0 Å². The van der Waals surface area contributed by atoms with Crippen LogP contribution in [0.5, 0.6) is 11.5 Å². The fourth-order valence-electron chi connectivity index (χ4n) is 1.87. The zero-order valence-corrected chi connectivity index (χ0v) is 9.13. The molecule has 5 heteroatoms. The van der Waals surface area contributed by atoms with Crippen molar-refractivity contribution >= 4 is 0 Å². The molecule has 5 nitrogen and oxygen atoms in total. The van der Waals surface area contributed by atoms with Gasteiger partial charge in [0.05, 0.1) is 5.56 Å². The summed E-state index contributed by atoms with van der Waals surface area (Å²) in [6.45, 7) is 0. The Morgan fingerprint density at radius 3 is 2.76 bits per heavy atom. The lowest BCUT2D eigenvalue weighted by Gasteiger charge is -2.20. The Bertz CT molecular complexity index is 546. The Morgan fingerprint density at radius 2 is 2.06 bits per heavy atom. The van der Waals surface area contributed by atoms with Crippen LogP contribution < -0.4 is 0 Å². The maximum atomic E-state index is 9.67. The third kappa shape index (κ3) is 1.73. The van der Waals surface area contributed by atoms with Gasteiger partial charge in [-0.05, 0) is 31.0 Å². The van der Waals surface area contributed by atoms with E-state index in [4.69, 9.17) is 4.52 Å². The van der Waals surface area contributed by atoms with E-state index >= 15 is 0 Å². The van der Waals surface area contributed by atoms with Gasteiger partial charge in [0, 0.05) is 5.92 Å². The lowest BCUT2D eigenvalue weighted by molar-refractivity contribution is 0.365. The SMILES string of the molecule is Oc1ccc(O)c(-c2nc(C3CCC3)no2)c1. The molecule has 0 spiro atoms. The second kappa shape index (κ2) is 3.76. The molecule has 0 radical (unpaired) electrons. The van der Waals surface area contributed by atoms with Gasteiger partial charge in [-0.3, -0.25) is 0 Å². The maximum absolute atomic E-state index is 9.67. The molecule has 2 N–H and O–H groups in total. The molecule has 88 valence electrons. The smallest absolute Gasteiger partial charge is 0.261 e. The van der Waals surface area contributed by atoms with Crippen LogP contribution in [-0.2, 0) is 0 Å². The number of hydrogen-bond acceptors (Lipinski definition) is 5. The fourth-order valence-corrected chi connectivity index (χ4v) is 1.87. The van der Waals surface area contributed by atoms with Gasteiger partial charge in [0.25, 0.3) is 5.89 Å². The summed E-state index contributed by atoms with van der Waals surface area (Å²) in [5, 5.41) is 22.9. The average Bonchev–Trinajstić information content (AvgIpc) is 2.68. The van der Waals surface area contributed by atoms with E-state index in [-0.39, 0.29) is 17.4 Å². The maximum Gasteiger partial charge on any atom is 0.261 e. The summed E-state index contributed by atoms with van der Waals surface area (Å²) in [4.78, 5) is 4.26. The lowest BCUT2D eigenvalue weighted by Crippen LogP contribution is -2.10. The van der Waals surface area contributed by atoms with Crippen LogP contribution >= 0.6 is 0 Å². The summed E-state index contributed by atoms with van der Waals surface area (Å²) < 4.78 is 5.11. The third-order valence-corrected chi connectivity index (χ3v) is 3.12. The Kier molecular flexibility index (Phi) is 2.24. The highest BCUT2D eigenvalue weighted by atomic mass is 16.5. The van der Waals surface area contributed by atoms with Crippen molar-refractivity contribution in [2.24, 2.45) is 0 Å². The highest BCUT2D eigenvalue weighted by Gasteiger charge is 2.25. The van der Waals surface area contributed by atoms with Crippen molar-refractivity contribution in [1.82, 2.24) is 10.1 Å². The van der Waals surface area contributed by atoms with Gasteiger partial charge >= 0.3 is 0 Å². The summed E-state index contributed by atoms with van der Waals surface area (Å²) in [5.41, 5.74) is 0.364. The minimum absolute atomic E-state index is 0.0200. The van der Waals surface area contributed by atoms with Crippen molar-refractivity contribution in [3.63, 3.8) is 0 Å². The highest BCUT2D eigenvalue weighted by molar-refractivity contribution is 5.64.